The highest BCUT2D eigenvalue weighted by molar-refractivity contribution is 7.19. The van der Waals surface area contributed by atoms with Crippen LogP contribution in [0.25, 0.3) is 32.3 Å². The molecule has 0 fully saturated rings. The third kappa shape index (κ3) is 5.61. The lowest BCUT2D eigenvalue weighted by molar-refractivity contribution is 0.859. The summed E-state index contributed by atoms with van der Waals surface area (Å²) in [7, 11) is 0. The number of nitrogens with zero attached hydrogens (tertiary/aromatic N) is 2. The van der Waals surface area contributed by atoms with E-state index in [1.54, 1.807) is 11.3 Å². The fourth-order valence-corrected chi connectivity index (χ4v) is 5.48. The molecular formula is C30H26ClN3S. The van der Waals surface area contributed by atoms with Gasteiger partial charge in [0.25, 0.3) is 0 Å². The summed E-state index contributed by atoms with van der Waals surface area (Å²) in [6, 6.07) is 31.1. The molecule has 0 saturated carbocycles. The Morgan fingerprint density at radius 1 is 0.857 bits per heavy atom. The molecule has 3 aromatic carbocycles. The Morgan fingerprint density at radius 3 is 2.51 bits per heavy atom. The van der Waals surface area contributed by atoms with Crippen molar-refractivity contribution in [3.05, 3.63) is 113 Å². The van der Waals surface area contributed by atoms with Crippen molar-refractivity contribution in [2.75, 3.05) is 11.9 Å². The summed E-state index contributed by atoms with van der Waals surface area (Å²) in [6.07, 6.45) is 3.95. The largest absolute Gasteiger partial charge is 0.370 e. The number of thiazole rings is 1. The first kappa shape index (κ1) is 23.3. The van der Waals surface area contributed by atoms with Gasteiger partial charge in [-0.2, -0.15) is 0 Å². The van der Waals surface area contributed by atoms with E-state index in [2.05, 4.69) is 84.0 Å². The van der Waals surface area contributed by atoms with E-state index in [0.717, 1.165) is 57.5 Å². The molecule has 0 saturated heterocycles. The molecule has 0 bridgehead atoms. The Kier molecular flexibility index (Phi) is 7.22. The minimum atomic E-state index is 0.707. The van der Waals surface area contributed by atoms with Gasteiger partial charge in [0.05, 0.1) is 15.6 Å². The van der Waals surface area contributed by atoms with Gasteiger partial charge < -0.3 is 5.32 Å². The second kappa shape index (κ2) is 10.9. The molecule has 0 aliphatic carbocycles. The maximum Gasteiger partial charge on any atom is 0.126 e. The van der Waals surface area contributed by atoms with Gasteiger partial charge in [0.2, 0.25) is 0 Å². The number of rotatable bonds is 8. The molecule has 1 N–H and O–H groups in total. The molecule has 5 rings (SSSR count). The molecule has 5 heteroatoms. The summed E-state index contributed by atoms with van der Waals surface area (Å²) in [5, 5.41) is 5.11. The minimum absolute atomic E-state index is 0.707. The summed E-state index contributed by atoms with van der Waals surface area (Å²) in [5.41, 5.74) is 6.68. The van der Waals surface area contributed by atoms with Crippen LogP contribution in [0.2, 0.25) is 5.02 Å². The lowest BCUT2D eigenvalue weighted by Gasteiger charge is -2.08. The number of aromatic nitrogens is 2. The van der Waals surface area contributed by atoms with Gasteiger partial charge in [-0.05, 0) is 55.2 Å². The highest BCUT2D eigenvalue weighted by atomic mass is 35.5. The molecule has 0 aliphatic heterocycles. The van der Waals surface area contributed by atoms with Crippen LogP contribution >= 0.6 is 22.9 Å². The quantitative estimate of drug-likeness (QED) is 0.219. The van der Waals surface area contributed by atoms with Crippen molar-refractivity contribution in [2.45, 2.75) is 19.8 Å². The Balaban J connectivity index is 1.44. The molecule has 5 aromatic rings. The molecule has 0 amide bonds. The summed E-state index contributed by atoms with van der Waals surface area (Å²) in [6.45, 7) is 2.97. The van der Waals surface area contributed by atoms with Crippen molar-refractivity contribution in [3.63, 3.8) is 0 Å². The highest BCUT2D eigenvalue weighted by Crippen LogP contribution is 2.42. The Bertz CT molecular complexity index is 1430. The third-order valence-corrected chi connectivity index (χ3v) is 7.30. The second-order valence-corrected chi connectivity index (χ2v) is 9.90. The standard InChI is InChI=1S/C30H26ClN3S/c1-21-9-7-13-23(19-21)28-29(35-30(34-28)25-14-5-6-15-26(25)31)24-16-18-33-27(20-24)32-17-8-12-22-10-3-2-4-11-22/h2-7,9-11,13-16,18-20H,8,12,17H2,1H3,(H,32,33). The number of nitrogens with one attached hydrogen (secondary N) is 1. The first-order chi connectivity index (χ1) is 17.2. The molecule has 0 radical (unpaired) electrons. The van der Waals surface area contributed by atoms with Gasteiger partial charge in [0.15, 0.2) is 0 Å². The van der Waals surface area contributed by atoms with Crippen molar-refractivity contribution in [1.82, 2.24) is 9.97 Å². The monoisotopic (exact) mass is 495 g/mol. The molecule has 0 spiro atoms. The number of anilines is 1. The van der Waals surface area contributed by atoms with E-state index in [0.29, 0.717) is 5.02 Å². The highest BCUT2D eigenvalue weighted by Gasteiger charge is 2.18. The van der Waals surface area contributed by atoms with Gasteiger partial charge in [0, 0.05) is 23.9 Å². The molecule has 0 unspecified atom stereocenters. The predicted octanol–water partition coefficient (Wildman–Crippen LogP) is 8.55. The van der Waals surface area contributed by atoms with Crippen LogP contribution in [0, 0.1) is 6.92 Å². The van der Waals surface area contributed by atoms with E-state index in [4.69, 9.17) is 16.6 Å². The number of hydrogen-bond acceptors (Lipinski definition) is 4. The summed E-state index contributed by atoms with van der Waals surface area (Å²) in [5.74, 6) is 0.874. The molecule has 0 atom stereocenters. The van der Waals surface area contributed by atoms with Gasteiger partial charge >= 0.3 is 0 Å². The van der Waals surface area contributed by atoms with Gasteiger partial charge in [0.1, 0.15) is 10.8 Å². The van der Waals surface area contributed by atoms with Crippen molar-refractivity contribution >= 4 is 28.8 Å². The lowest BCUT2D eigenvalue weighted by Crippen LogP contribution is -2.04. The normalized spacial score (nSPS) is 10.9. The zero-order valence-electron chi connectivity index (χ0n) is 19.5. The number of halogens is 1. The van der Waals surface area contributed by atoms with E-state index < -0.39 is 0 Å². The molecular weight excluding hydrogens is 470 g/mol. The smallest absolute Gasteiger partial charge is 0.126 e. The van der Waals surface area contributed by atoms with Crippen LogP contribution in [0.4, 0.5) is 5.82 Å². The predicted molar refractivity (Wildman–Crippen MR) is 149 cm³/mol. The second-order valence-electron chi connectivity index (χ2n) is 8.49. The maximum absolute atomic E-state index is 6.52. The molecule has 35 heavy (non-hydrogen) atoms. The van der Waals surface area contributed by atoms with E-state index >= 15 is 0 Å². The molecule has 0 aliphatic rings. The molecule has 2 aromatic heterocycles. The SMILES string of the molecule is Cc1cccc(-c2nc(-c3ccccc3Cl)sc2-c2ccnc(NCCCc3ccccc3)c2)c1. The minimum Gasteiger partial charge on any atom is -0.370 e. The summed E-state index contributed by atoms with van der Waals surface area (Å²) < 4.78 is 0. The van der Waals surface area contributed by atoms with Crippen LogP contribution < -0.4 is 5.32 Å². The first-order valence-electron chi connectivity index (χ1n) is 11.7. The van der Waals surface area contributed by atoms with Gasteiger partial charge in [-0.25, -0.2) is 9.97 Å². The van der Waals surface area contributed by atoms with Gasteiger partial charge in [-0.15, -0.1) is 11.3 Å². The first-order valence-corrected chi connectivity index (χ1v) is 12.9. The van der Waals surface area contributed by atoms with Crippen molar-refractivity contribution in [1.29, 1.82) is 0 Å². The van der Waals surface area contributed by atoms with Crippen LogP contribution in [0.5, 0.6) is 0 Å². The Morgan fingerprint density at radius 2 is 1.69 bits per heavy atom. The average molecular weight is 496 g/mol. The third-order valence-electron chi connectivity index (χ3n) is 5.84. The van der Waals surface area contributed by atoms with E-state index in [1.807, 2.05) is 30.5 Å². The van der Waals surface area contributed by atoms with Crippen LogP contribution in [0.15, 0.2) is 97.2 Å². The Labute approximate surface area is 215 Å². The van der Waals surface area contributed by atoms with E-state index in [9.17, 15) is 0 Å². The number of hydrogen-bond donors (Lipinski definition) is 1. The zero-order valence-corrected chi connectivity index (χ0v) is 21.1. The number of pyridine rings is 1. The van der Waals surface area contributed by atoms with Crippen LogP contribution in [-0.2, 0) is 6.42 Å². The summed E-state index contributed by atoms with van der Waals surface area (Å²) >= 11 is 8.19. The number of benzene rings is 3. The summed E-state index contributed by atoms with van der Waals surface area (Å²) in [4.78, 5) is 10.7. The van der Waals surface area contributed by atoms with E-state index in [-0.39, 0.29) is 0 Å². The van der Waals surface area contributed by atoms with Crippen LogP contribution in [0.3, 0.4) is 0 Å². The number of aryl methyl sites for hydroxylation is 2. The van der Waals surface area contributed by atoms with Crippen LogP contribution in [0.1, 0.15) is 17.5 Å². The topological polar surface area (TPSA) is 37.8 Å². The maximum atomic E-state index is 6.52. The molecule has 174 valence electrons. The van der Waals surface area contributed by atoms with Crippen molar-refractivity contribution in [2.24, 2.45) is 0 Å². The van der Waals surface area contributed by atoms with Gasteiger partial charge in [-0.1, -0.05) is 83.9 Å². The van der Waals surface area contributed by atoms with E-state index in [1.165, 1.54) is 11.1 Å². The van der Waals surface area contributed by atoms with Crippen LogP contribution in [-0.4, -0.2) is 16.5 Å². The average Bonchev–Trinajstić information content (AvgIpc) is 3.33. The fourth-order valence-electron chi connectivity index (χ4n) is 4.08. The van der Waals surface area contributed by atoms with Gasteiger partial charge in [-0.3, -0.25) is 0 Å². The fraction of sp³-hybridized carbons (Fsp3) is 0.133. The van der Waals surface area contributed by atoms with Crippen molar-refractivity contribution < 1.29 is 0 Å². The molecule has 2 heterocycles. The zero-order chi connectivity index (χ0) is 24.0. The van der Waals surface area contributed by atoms with Crippen molar-refractivity contribution in [3.8, 4) is 32.3 Å². The lowest BCUT2D eigenvalue weighted by atomic mass is 10.1. The Hall–Kier alpha value is -3.47. The molecule has 3 nitrogen and oxygen atoms in total.